The predicted molar refractivity (Wildman–Crippen MR) is 118 cm³/mol. The van der Waals surface area contributed by atoms with Crippen LogP contribution in [0.2, 0.25) is 0 Å². The number of benzene rings is 3. The van der Waals surface area contributed by atoms with E-state index >= 15 is 0 Å². The maximum absolute atomic E-state index is 12.4. The Balaban J connectivity index is 1.74. The Hall–Kier alpha value is -3.07. The minimum absolute atomic E-state index is 0.0815. The Morgan fingerprint density at radius 3 is 2.28 bits per heavy atom. The number of hydrogen-bond acceptors (Lipinski definition) is 2. The fourth-order valence-corrected chi connectivity index (χ4v) is 3.27. The molecule has 0 saturated heterocycles. The Bertz CT molecular complexity index is 877. The van der Waals surface area contributed by atoms with Crippen LogP contribution >= 0.6 is 0 Å². The van der Waals surface area contributed by atoms with Crippen molar-refractivity contribution in [3.05, 3.63) is 102 Å². The van der Waals surface area contributed by atoms with Gasteiger partial charge in [0.2, 0.25) is 5.91 Å². The molecule has 3 aromatic carbocycles. The number of rotatable bonds is 10. The first kappa shape index (κ1) is 20.7. The summed E-state index contributed by atoms with van der Waals surface area (Å²) in [7, 11) is 0. The highest BCUT2D eigenvalue weighted by Crippen LogP contribution is 2.24. The number of amides is 1. The van der Waals surface area contributed by atoms with E-state index in [4.69, 9.17) is 4.74 Å². The molecule has 0 bridgehead atoms. The zero-order valence-electron chi connectivity index (χ0n) is 17.0. The van der Waals surface area contributed by atoms with Crippen LogP contribution < -0.4 is 10.1 Å². The maximum atomic E-state index is 12.4. The van der Waals surface area contributed by atoms with E-state index < -0.39 is 0 Å². The van der Waals surface area contributed by atoms with Crippen molar-refractivity contribution in [1.82, 2.24) is 5.32 Å². The first-order chi connectivity index (χ1) is 14.2. The fraction of sp³-hybridized carbons (Fsp3) is 0.269. The summed E-state index contributed by atoms with van der Waals surface area (Å²) in [5.41, 5.74) is 3.39. The monoisotopic (exact) mass is 387 g/mol. The molecule has 0 aromatic heterocycles. The van der Waals surface area contributed by atoms with Crippen molar-refractivity contribution in [2.75, 3.05) is 0 Å². The van der Waals surface area contributed by atoms with Gasteiger partial charge < -0.3 is 10.1 Å². The summed E-state index contributed by atoms with van der Waals surface area (Å²) in [6.45, 7) is 2.62. The molecule has 0 fully saturated rings. The molecule has 0 aliphatic rings. The molecule has 1 atom stereocenters. The lowest BCUT2D eigenvalue weighted by Crippen LogP contribution is -2.29. The Morgan fingerprint density at radius 1 is 0.897 bits per heavy atom. The Kier molecular flexibility index (Phi) is 7.88. The molecular weight excluding hydrogens is 358 g/mol. The van der Waals surface area contributed by atoms with Gasteiger partial charge in [0.1, 0.15) is 12.4 Å². The number of carbonyl (C=O) groups is 1. The van der Waals surface area contributed by atoms with E-state index in [9.17, 15) is 4.79 Å². The zero-order valence-corrected chi connectivity index (χ0v) is 17.0. The number of unbranched alkanes of at least 4 members (excludes halogenated alkanes) is 1. The topological polar surface area (TPSA) is 38.3 Å². The molecule has 150 valence electrons. The SMILES string of the molecule is CCCCC(=O)NC(Cc1ccccc1)c1cccc(OCc2ccccc2)c1. The highest BCUT2D eigenvalue weighted by Gasteiger charge is 2.16. The van der Waals surface area contributed by atoms with Crippen LogP contribution in [0.25, 0.3) is 0 Å². The molecule has 1 unspecified atom stereocenters. The summed E-state index contributed by atoms with van der Waals surface area (Å²) >= 11 is 0. The summed E-state index contributed by atoms with van der Waals surface area (Å²) in [5.74, 6) is 0.913. The fourth-order valence-electron chi connectivity index (χ4n) is 3.27. The molecule has 29 heavy (non-hydrogen) atoms. The molecule has 3 heteroatoms. The zero-order chi connectivity index (χ0) is 20.3. The normalized spacial score (nSPS) is 11.6. The smallest absolute Gasteiger partial charge is 0.220 e. The van der Waals surface area contributed by atoms with Crippen LogP contribution in [0, 0.1) is 0 Å². The summed E-state index contributed by atoms with van der Waals surface area (Å²) in [4.78, 5) is 12.4. The number of carbonyl (C=O) groups excluding carboxylic acids is 1. The highest BCUT2D eigenvalue weighted by atomic mass is 16.5. The van der Waals surface area contributed by atoms with E-state index in [0.717, 1.165) is 36.1 Å². The maximum Gasteiger partial charge on any atom is 0.220 e. The third-order valence-electron chi connectivity index (χ3n) is 4.88. The van der Waals surface area contributed by atoms with Crippen LogP contribution in [0.15, 0.2) is 84.9 Å². The number of hydrogen-bond donors (Lipinski definition) is 1. The van der Waals surface area contributed by atoms with Crippen molar-refractivity contribution in [3.63, 3.8) is 0 Å². The van der Waals surface area contributed by atoms with Gasteiger partial charge in [-0.3, -0.25) is 4.79 Å². The van der Waals surface area contributed by atoms with Gasteiger partial charge in [-0.15, -0.1) is 0 Å². The average molecular weight is 388 g/mol. The van der Waals surface area contributed by atoms with Gasteiger partial charge in [-0.1, -0.05) is 86.1 Å². The predicted octanol–water partition coefficient (Wildman–Crippen LogP) is 5.86. The summed E-state index contributed by atoms with van der Waals surface area (Å²) in [6, 6.07) is 28.4. The van der Waals surface area contributed by atoms with Crippen molar-refractivity contribution in [1.29, 1.82) is 0 Å². The van der Waals surface area contributed by atoms with E-state index in [1.807, 2.05) is 54.6 Å². The van der Waals surface area contributed by atoms with Crippen molar-refractivity contribution in [3.8, 4) is 5.75 Å². The van der Waals surface area contributed by atoms with Gasteiger partial charge in [0.05, 0.1) is 6.04 Å². The second-order valence-corrected chi connectivity index (χ2v) is 7.26. The van der Waals surface area contributed by atoms with Crippen molar-refractivity contribution < 1.29 is 9.53 Å². The van der Waals surface area contributed by atoms with Gasteiger partial charge in [-0.05, 0) is 41.7 Å². The van der Waals surface area contributed by atoms with Crippen molar-refractivity contribution in [2.45, 2.75) is 45.3 Å². The second kappa shape index (κ2) is 11.1. The first-order valence-corrected chi connectivity index (χ1v) is 10.3. The quantitative estimate of drug-likeness (QED) is 0.473. The summed E-state index contributed by atoms with van der Waals surface area (Å²) < 4.78 is 5.99. The van der Waals surface area contributed by atoms with Gasteiger partial charge in [0, 0.05) is 6.42 Å². The highest BCUT2D eigenvalue weighted by molar-refractivity contribution is 5.76. The lowest BCUT2D eigenvalue weighted by Gasteiger charge is -2.20. The minimum Gasteiger partial charge on any atom is -0.489 e. The van der Waals surface area contributed by atoms with Crippen LogP contribution in [0.4, 0.5) is 0 Å². The third kappa shape index (κ3) is 6.79. The largest absolute Gasteiger partial charge is 0.489 e. The van der Waals surface area contributed by atoms with Crippen LogP contribution in [0.3, 0.4) is 0 Å². The first-order valence-electron chi connectivity index (χ1n) is 10.3. The molecule has 3 rings (SSSR count). The van der Waals surface area contributed by atoms with Gasteiger partial charge in [-0.25, -0.2) is 0 Å². The summed E-state index contributed by atoms with van der Waals surface area (Å²) in [6.07, 6.45) is 3.23. The molecule has 1 N–H and O–H groups in total. The van der Waals surface area contributed by atoms with E-state index in [1.54, 1.807) is 0 Å². The van der Waals surface area contributed by atoms with Crippen LogP contribution in [-0.2, 0) is 17.8 Å². The molecular formula is C26H29NO2. The Labute approximate surface area is 173 Å². The number of ether oxygens (including phenoxy) is 1. The van der Waals surface area contributed by atoms with Crippen molar-refractivity contribution in [2.24, 2.45) is 0 Å². The van der Waals surface area contributed by atoms with Gasteiger partial charge >= 0.3 is 0 Å². The minimum atomic E-state index is -0.0815. The molecule has 3 aromatic rings. The number of nitrogens with one attached hydrogen (secondary N) is 1. The van der Waals surface area contributed by atoms with Gasteiger partial charge in [0.15, 0.2) is 0 Å². The van der Waals surface area contributed by atoms with Crippen LogP contribution in [0.5, 0.6) is 5.75 Å². The van der Waals surface area contributed by atoms with Crippen molar-refractivity contribution >= 4 is 5.91 Å². The van der Waals surface area contributed by atoms with E-state index in [-0.39, 0.29) is 11.9 Å². The second-order valence-electron chi connectivity index (χ2n) is 7.26. The lowest BCUT2D eigenvalue weighted by atomic mass is 9.98. The molecule has 0 aliphatic carbocycles. The molecule has 0 spiro atoms. The molecule has 0 radical (unpaired) electrons. The third-order valence-corrected chi connectivity index (χ3v) is 4.88. The van der Waals surface area contributed by atoms with Crippen LogP contribution in [-0.4, -0.2) is 5.91 Å². The molecule has 1 amide bonds. The van der Waals surface area contributed by atoms with Crippen LogP contribution in [0.1, 0.15) is 48.9 Å². The van der Waals surface area contributed by atoms with Gasteiger partial charge in [-0.2, -0.15) is 0 Å². The van der Waals surface area contributed by atoms with E-state index in [2.05, 4.69) is 42.6 Å². The molecule has 3 nitrogen and oxygen atoms in total. The summed E-state index contributed by atoms with van der Waals surface area (Å²) in [5, 5.41) is 3.22. The lowest BCUT2D eigenvalue weighted by molar-refractivity contribution is -0.121. The molecule has 0 saturated carbocycles. The van der Waals surface area contributed by atoms with E-state index in [1.165, 1.54) is 5.56 Å². The average Bonchev–Trinajstić information content (AvgIpc) is 2.77. The standard InChI is InChI=1S/C26H29NO2/c1-2-3-17-26(28)27-25(18-21-11-6-4-7-12-21)23-15-10-16-24(19-23)29-20-22-13-8-5-9-14-22/h4-16,19,25H,2-3,17-18,20H2,1H3,(H,27,28). The molecule has 0 heterocycles. The Morgan fingerprint density at radius 2 is 1.59 bits per heavy atom. The van der Waals surface area contributed by atoms with Gasteiger partial charge in [0.25, 0.3) is 0 Å². The molecule has 0 aliphatic heterocycles. The van der Waals surface area contributed by atoms with E-state index in [0.29, 0.717) is 13.0 Å².